The van der Waals surface area contributed by atoms with Crippen molar-refractivity contribution < 1.29 is 0 Å². The van der Waals surface area contributed by atoms with Gasteiger partial charge in [0.2, 0.25) is 0 Å². The fourth-order valence-electron chi connectivity index (χ4n) is 2.03. The highest BCUT2D eigenvalue weighted by Gasteiger charge is 1.85. The molecule has 0 heterocycles. The third-order valence-electron chi connectivity index (χ3n) is 3.27. The van der Waals surface area contributed by atoms with E-state index in [-0.39, 0.29) is 0 Å². The average molecular weight is 250 g/mol. The van der Waals surface area contributed by atoms with Crippen molar-refractivity contribution in [3.8, 4) is 0 Å². The van der Waals surface area contributed by atoms with E-state index in [9.17, 15) is 0 Å². The van der Waals surface area contributed by atoms with Gasteiger partial charge in [0, 0.05) is 0 Å². The van der Waals surface area contributed by atoms with Crippen molar-refractivity contribution in [1.82, 2.24) is 0 Å². The van der Waals surface area contributed by atoms with Gasteiger partial charge in [0.1, 0.15) is 0 Å². The van der Waals surface area contributed by atoms with E-state index in [1.807, 2.05) is 0 Å². The maximum absolute atomic E-state index is 2.38. The van der Waals surface area contributed by atoms with Crippen LogP contribution < -0.4 is 0 Å². The van der Waals surface area contributed by atoms with Crippen molar-refractivity contribution in [3.63, 3.8) is 0 Å². The summed E-state index contributed by atoms with van der Waals surface area (Å²) in [6.07, 6.45) is 25.5. The third-order valence-corrected chi connectivity index (χ3v) is 3.27. The summed E-state index contributed by atoms with van der Waals surface area (Å²) in [4.78, 5) is 0. The summed E-state index contributed by atoms with van der Waals surface area (Å²) >= 11 is 0. The van der Waals surface area contributed by atoms with Crippen molar-refractivity contribution in [3.05, 3.63) is 24.3 Å². The summed E-state index contributed by atoms with van der Waals surface area (Å²) in [7, 11) is 0. The first-order chi connectivity index (χ1) is 8.91. The van der Waals surface area contributed by atoms with E-state index in [4.69, 9.17) is 0 Å². The quantitative estimate of drug-likeness (QED) is 0.248. The Bertz CT molecular complexity index is 188. The summed E-state index contributed by atoms with van der Waals surface area (Å²) in [6.45, 7) is 4.53. The van der Waals surface area contributed by atoms with Crippen LogP contribution in [0.2, 0.25) is 0 Å². The first kappa shape index (κ1) is 17.5. The van der Waals surface area contributed by atoms with Crippen LogP contribution in [-0.2, 0) is 0 Å². The van der Waals surface area contributed by atoms with Crippen LogP contribution in [0.3, 0.4) is 0 Å². The number of rotatable bonds is 13. The molecule has 0 aromatic rings. The largest absolute Gasteiger partial charge is 0.0885 e. The molecule has 0 saturated carbocycles. The van der Waals surface area contributed by atoms with Gasteiger partial charge in [0.05, 0.1) is 0 Å². The lowest BCUT2D eigenvalue weighted by molar-refractivity contribution is 0.673. The topological polar surface area (TPSA) is 0 Å². The van der Waals surface area contributed by atoms with E-state index in [2.05, 4.69) is 38.2 Å². The smallest absolute Gasteiger partial charge is 0.0348 e. The van der Waals surface area contributed by atoms with E-state index in [1.54, 1.807) is 0 Å². The molecule has 0 atom stereocenters. The Kier molecular flexibility index (Phi) is 16.0. The molecule has 0 fully saturated rings. The molecule has 0 bridgehead atoms. The van der Waals surface area contributed by atoms with Gasteiger partial charge in [-0.05, 0) is 44.9 Å². The Morgan fingerprint density at radius 3 is 1.33 bits per heavy atom. The molecule has 0 aliphatic heterocycles. The molecule has 0 aliphatic rings. The van der Waals surface area contributed by atoms with E-state index >= 15 is 0 Å². The Morgan fingerprint density at radius 2 is 0.833 bits per heavy atom. The van der Waals surface area contributed by atoms with Gasteiger partial charge in [-0.2, -0.15) is 0 Å². The van der Waals surface area contributed by atoms with Crippen molar-refractivity contribution in [2.45, 2.75) is 90.9 Å². The predicted octanol–water partition coefficient (Wildman–Crippen LogP) is 6.82. The summed E-state index contributed by atoms with van der Waals surface area (Å²) in [6, 6.07) is 0. The van der Waals surface area contributed by atoms with Crippen LogP contribution in [-0.4, -0.2) is 0 Å². The zero-order chi connectivity index (χ0) is 13.3. The minimum Gasteiger partial charge on any atom is -0.0885 e. The molecule has 106 valence electrons. The monoisotopic (exact) mass is 250 g/mol. The second-order valence-corrected chi connectivity index (χ2v) is 5.22. The van der Waals surface area contributed by atoms with Crippen LogP contribution in [0.1, 0.15) is 90.9 Å². The van der Waals surface area contributed by atoms with Gasteiger partial charge >= 0.3 is 0 Å². The molecule has 0 heteroatoms. The van der Waals surface area contributed by atoms with Crippen LogP contribution >= 0.6 is 0 Å². The van der Waals surface area contributed by atoms with Crippen LogP contribution in [0.5, 0.6) is 0 Å². The molecule has 0 aromatic carbocycles. The average Bonchev–Trinajstić information content (AvgIpc) is 2.39. The van der Waals surface area contributed by atoms with Crippen LogP contribution in [0.25, 0.3) is 0 Å². The second kappa shape index (κ2) is 16.5. The fraction of sp³-hybridized carbons (Fsp3) is 0.778. The third kappa shape index (κ3) is 15.5. The lowest BCUT2D eigenvalue weighted by atomic mass is 10.1. The van der Waals surface area contributed by atoms with Gasteiger partial charge in [0.15, 0.2) is 0 Å². The molecule has 0 unspecified atom stereocenters. The molecule has 0 radical (unpaired) electrons. The number of allylic oxidation sites excluding steroid dienone is 4. The Balaban J connectivity index is 3.12. The number of hydrogen-bond acceptors (Lipinski definition) is 0. The standard InChI is InChI=1S/C18H34/c1-3-5-7-9-11-13-15-17-18-16-14-12-10-8-6-4-2/h11,13-14,16H,3-10,12,15,17-18H2,1-2H3. The highest BCUT2D eigenvalue weighted by atomic mass is 13.9. The van der Waals surface area contributed by atoms with Crippen molar-refractivity contribution in [1.29, 1.82) is 0 Å². The first-order valence-corrected chi connectivity index (χ1v) is 8.21. The van der Waals surface area contributed by atoms with Gasteiger partial charge < -0.3 is 0 Å². The summed E-state index contributed by atoms with van der Waals surface area (Å²) in [5.41, 5.74) is 0. The first-order valence-electron chi connectivity index (χ1n) is 8.21. The molecule has 0 aromatic heterocycles. The summed E-state index contributed by atoms with van der Waals surface area (Å²) < 4.78 is 0. The highest BCUT2D eigenvalue weighted by molar-refractivity contribution is 4.85. The van der Waals surface area contributed by atoms with Crippen LogP contribution in [0.15, 0.2) is 24.3 Å². The molecular weight excluding hydrogens is 216 g/mol. The zero-order valence-electron chi connectivity index (χ0n) is 12.8. The minimum absolute atomic E-state index is 1.26. The molecule has 18 heavy (non-hydrogen) atoms. The van der Waals surface area contributed by atoms with E-state index in [0.717, 1.165) is 0 Å². The highest BCUT2D eigenvalue weighted by Crippen LogP contribution is 2.05. The molecular formula is C18H34. The molecule has 0 spiro atoms. The zero-order valence-corrected chi connectivity index (χ0v) is 12.8. The van der Waals surface area contributed by atoms with E-state index < -0.39 is 0 Å². The van der Waals surface area contributed by atoms with Crippen LogP contribution in [0.4, 0.5) is 0 Å². The molecule has 0 rings (SSSR count). The van der Waals surface area contributed by atoms with E-state index in [1.165, 1.54) is 77.0 Å². The van der Waals surface area contributed by atoms with Gasteiger partial charge in [-0.25, -0.2) is 0 Å². The molecule has 0 aliphatic carbocycles. The van der Waals surface area contributed by atoms with Gasteiger partial charge in [-0.1, -0.05) is 70.3 Å². The number of unbranched alkanes of at least 4 members (excludes halogenated alkanes) is 9. The molecule has 0 amide bonds. The normalized spacial score (nSPS) is 11.9. The van der Waals surface area contributed by atoms with Gasteiger partial charge in [-0.15, -0.1) is 0 Å². The summed E-state index contributed by atoms with van der Waals surface area (Å²) in [5, 5.41) is 0. The molecule has 0 N–H and O–H groups in total. The second-order valence-electron chi connectivity index (χ2n) is 5.22. The van der Waals surface area contributed by atoms with Crippen molar-refractivity contribution in [2.24, 2.45) is 0 Å². The Hall–Kier alpha value is -0.520. The lowest BCUT2D eigenvalue weighted by Gasteiger charge is -1.95. The van der Waals surface area contributed by atoms with Crippen LogP contribution in [0, 0.1) is 0 Å². The molecule has 0 saturated heterocycles. The van der Waals surface area contributed by atoms with Crippen molar-refractivity contribution in [2.75, 3.05) is 0 Å². The SMILES string of the molecule is CCCCCC=CCCCC=CCCCCCC. The lowest BCUT2D eigenvalue weighted by Crippen LogP contribution is -1.75. The fourth-order valence-corrected chi connectivity index (χ4v) is 2.03. The van der Waals surface area contributed by atoms with Crippen molar-refractivity contribution >= 4 is 0 Å². The Labute approximate surface area is 116 Å². The van der Waals surface area contributed by atoms with Gasteiger partial charge in [-0.3, -0.25) is 0 Å². The molecule has 0 nitrogen and oxygen atoms in total. The predicted molar refractivity (Wildman–Crippen MR) is 85.0 cm³/mol. The maximum Gasteiger partial charge on any atom is -0.0348 e. The summed E-state index contributed by atoms with van der Waals surface area (Å²) in [5.74, 6) is 0. The van der Waals surface area contributed by atoms with Gasteiger partial charge in [0.25, 0.3) is 0 Å². The number of hydrogen-bond donors (Lipinski definition) is 0. The van der Waals surface area contributed by atoms with E-state index in [0.29, 0.717) is 0 Å². The Morgan fingerprint density at radius 1 is 0.444 bits per heavy atom. The maximum atomic E-state index is 2.38. The minimum atomic E-state index is 1.26.